The average Bonchev–Trinajstić information content (AvgIpc) is 2.77. The van der Waals surface area contributed by atoms with Crippen molar-refractivity contribution in [3.05, 3.63) is 102 Å². The summed E-state index contributed by atoms with van der Waals surface area (Å²) in [5.74, 6) is 0.361. The maximum Gasteiger partial charge on any atom is 0.133 e. The van der Waals surface area contributed by atoms with E-state index in [-0.39, 0.29) is 6.04 Å². The molecule has 28 heavy (non-hydrogen) atoms. The van der Waals surface area contributed by atoms with Crippen LogP contribution >= 0.6 is 0 Å². The molecule has 1 aliphatic heterocycles. The summed E-state index contributed by atoms with van der Waals surface area (Å²) in [6.07, 6.45) is 4.03. The highest BCUT2D eigenvalue weighted by atomic mass is 16.1. The van der Waals surface area contributed by atoms with Gasteiger partial charge in [0.05, 0.1) is 6.04 Å². The minimum atomic E-state index is 0.271. The van der Waals surface area contributed by atoms with Gasteiger partial charge in [0, 0.05) is 25.1 Å². The molecular weight excluding hydrogens is 342 g/mol. The molecule has 1 atom stereocenters. The van der Waals surface area contributed by atoms with Crippen molar-refractivity contribution in [3.63, 3.8) is 0 Å². The summed E-state index contributed by atoms with van der Waals surface area (Å²) in [4.78, 5) is 15.1. The fourth-order valence-electron chi connectivity index (χ4n) is 4.24. The first-order chi connectivity index (χ1) is 13.8. The Balaban J connectivity index is 1.45. The molecule has 0 amide bonds. The van der Waals surface area contributed by atoms with Crippen LogP contribution in [0.3, 0.4) is 0 Å². The fourth-order valence-corrected chi connectivity index (χ4v) is 4.24. The zero-order valence-corrected chi connectivity index (χ0v) is 16.3. The molecule has 4 rings (SSSR count). The van der Waals surface area contributed by atoms with Gasteiger partial charge in [0.2, 0.25) is 0 Å². The van der Waals surface area contributed by atoms with Crippen LogP contribution in [0.4, 0.5) is 5.69 Å². The van der Waals surface area contributed by atoms with E-state index in [1.807, 2.05) is 18.2 Å². The van der Waals surface area contributed by atoms with Crippen molar-refractivity contribution >= 4 is 11.5 Å². The van der Waals surface area contributed by atoms with E-state index in [1.54, 1.807) is 0 Å². The van der Waals surface area contributed by atoms with Gasteiger partial charge in [0.15, 0.2) is 0 Å². The van der Waals surface area contributed by atoms with Crippen molar-refractivity contribution < 1.29 is 4.79 Å². The first-order valence-electron chi connectivity index (χ1n) is 10.3. The Morgan fingerprint density at radius 2 is 1.50 bits per heavy atom. The van der Waals surface area contributed by atoms with Crippen molar-refractivity contribution in [1.29, 1.82) is 0 Å². The molecule has 0 aliphatic carbocycles. The Labute approximate surface area is 167 Å². The molecule has 3 aromatic carbocycles. The summed E-state index contributed by atoms with van der Waals surface area (Å²) in [6, 6.07) is 29.9. The number of hydrogen-bond acceptors (Lipinski definition) is 2. The standard InChI is InChI=1S/C26H27NO/c28-24(16-15-21-9-3-1-4-10-21)17-18-26-25-14-8-7-11-22(25)19-20-27(26)23-12-5-2-6-13-23/h1-14,26H,15-20H2. The number of hydrogen-bond donors (Lipinski definition) is 0. The van der Waals surface area contributed by atoms with Gasteiger partial charge < -0.3 is 4.90 Å². The lowest BCUT2D eigenvalue weighted by Gasteiger charge is -2.39. The number of aryl methyl sites for hydroxylation is 1. The van der Waals surface area contributed by atoms with Crippen LogP contribution in [0.15, 0.2) is 84.9 Å². The highest BCUT2D eigenvalue weighted by molar-refractivity contribution is 5.78. The minimum Gasteiger partial charge on any atom is -0.364 e. The van der Waals surface area contributed by atoms with E-state index in [0.29, 0.717) is 18.6 Å². The van der Waals surface area contributed by atoms with E-state index in [2.05, 4.69) is 71.6 Å². The SMILES string of the molecule is O=C(CCc1ccccc1)CCC1c2ccccc2CCN1c1ccccc1. The van der Waals surface area contributed by atoms with Crippen LogP contribution in [0, 0.1) is 0 Å². The van der Waals surface area contributed by atoms with E-state index >= 15 is 0 Å². The smallest absolute Gasteiger partial charge is 0.133 e. The Morgan fingerprint density at radius 3 is 2.29 bits per heavy atom. The second-order valence-electron chi connectivity index (χ2n) is 7.56. The number of nitrogens with zero attached hydrogens (tertiary/aromatic N) is 1. The summed E-state index contributed by atoms with van der Waals surface area (Å²) in [5.41, 5.74) is 5.30. The zero-order valence-electron chi connectivity index (χ0n) is 16.3. The molecule has 0 saturated heterocycles. The monoisotopic (exact) mass is 369 g/mol. The predicted molar refractivity (Wildman–Crippen MR) is 116 cm³/mol. The second kappa shape index (κ2) is 8.88. The third-order valence-electron chi connectivity index (χ3n) is 5.73. The molecule has 3 aromatic rings. The third kappa shape index (κ3) is 4.33. The zero-order chi connectivity index (χ0) is 19.2. The molecule has 1 aliphatic rings. The molecule has 0 aromatic heterocycles. The lowest BCUT2D eigenvalue weighted by atomic mass is 9.88. The molecule has 2 nitrogen and oxygen atoms in total. The van der Waals surface area contributed by atoms with Gasteiger partial charge in [-0.2, -0.15) is 0 Å². The largest absolute Gasteiger partial charge is 0.364 e. The Bertz CT molecular complexity index is 904. The Morgan fingerprint density at radius 1 is 0.821 bits per heavy atom. The maximum absolute atomic E-state index is 12.6. The second-order valence-corrected chi connectivity index (χ2v) is 7.56. The predicted octanol–water partition coefficient (Wildman–Crippen LogP) is 5.77. The number of carbonyl (C=O) groups is 1. The number of rotatable bonds is 7. The number of anilines is 1. The number of Topliss-reactive ketones (excluding diaryl/α,β-unsaturated/α-hetero) is 1. The molecule has 0 N–H and O–H groups in total. The van der Waals surface area contributed by atoms with Gasteiger partial charge in [-0.1, -0.05) is 72.8 Å². The lowest BCUT2D eigenvalue weighted by Crippen LogP contribution is -2.35. The highest BCUT2D eigenvalue weighted by Crippen LogP contribution is 2.36. The Hall–Kier alpha value is -2.87. The Kier molecular flexibility index (Phi) is 5.86. The van der Waals surface area contributed by atoms with Gasteiger partial charge in [-0.3, -0.25) is 4.79 Å². The normalized spacial score (nSPS) is 15.9. The van der Waals surface area contributed by atoms with E-state index < -0.39 is 0 Å². The van der Waals surface area contributed by atoms with E-state index in [4.69, 9.17) is 0 Å². The number of ketones is 1. The van der Waals surface area contributed by atoms with Crippen molar-refractivity contribution in [2.24, 2.45) is 0 Å². The first-order valence-corrected chi connectivity index (χ1v) is 10.3. The molecular formula is C26H27NO. The molecule has 0 spiro atoms. The van der Waals surface area contributed by atoms with Crippen LogP contribution < -0.4 is 4.90 Å². The number of benzene rings is 3. The number of para-hydroxylation sites is 1. The van der Waals surface area contributed by atoms with Gasteiger partial charge in [0.1, 0.15) is 5.78 Å². The summed E-state index contributed by atoms with van der Waals surface area (Å²) < 4.78 is 0. The molecule has 0 saturated carbocycles. The molecule has 1 unspecified atom stereocenters. The van der Waals surface area contributed by atoms with Crippen LogP contribution in [0.5, 0.6) is 0 Å². The molecule has 0 fully saturated rings. The van der Waals surface area contributed by atoms with Crippen LogP contribution in [0.25, 0.3) is 0 Å². The molecule has 142 valence electrons. The number of carbonyl (C=O) groups excluding carboxylic acids is 1. The summed E-state index contributed by atoms with van der Waals surface area (Å²) in [7, 11) is 0. The van der Waals surface area contributed by atoms with Crippen LogP contribution in [0.2, 0.25) is 0 Å². The third-order valence-corrected chi connectivity index (χ3v) is 5.73. The topological polar surface area (TPSA) is 20.3 Å². The molecule has 0 radical (unpaired) electrons. The molecule has 0 bridgehead atoms. The van der Waals surface area contributed by atoms with Gasteiger partial charge in [-0.25, -0.2) is 0 Å². The minimum absolute atomic E-state index is 0.271. The van der Waals surface area contributed by atoms with Crippen molar-refractivity contribution in [3.8, 4) is 0 Å². The van der Waals surface area contributed by atoms with Crippen LogP contribution in [-0.4, -0.2) is 12.3 Å². The summed E-state index contributed by atoms with van der Waals surface area (Å²) in [5, 5.41) is 0. The van der Waals surface area contributed by atoms with Crippen LogP contribution in [-0.2, 0) is 17.6 Å². The lowest BCUT2D eigenvalue weighted by molar-refractivity contribution is -0.119. The highest BCUT2D eigenvalue weighted by Gasteiger charge is 2.27. The molecule has 1 heterocycles. The average molecular weight is 370 g/mol. The van der Waals surface area contributed by atoms with Crippen molar-refractivity contribution in [1.82, 2.24) is 0 Å². The van der Waals surface area contributed by atoms with Crippen molar-refractivity contribution in [2.45, 2.75) is 38.1 Å². The first kappa shape index (κ1) is 18.5. The van der Waals surface area contributed by atoms with Gasteiger partial charge in [0.25, 0.3) is 0 Å². The summed E-state index contributed by atoms with van der Waals surface area (Å²) in [6.45, 7) is 1.00. The van der Waals surface area contributed by atoms with Gasteiger partial charge >= 0.3 is 0 Å². The fraction of sp³-hybridized carbons (Fsp3) is 0.269. The maximum atomic E-state index is 12.6. The van der Waals surface area contributed by atoms with Crippen molar-refractivity contribution in [2.75, 3.05) is 11.4 Å². The van der Waals surface area contributed by atoms with Crippen LogP contribution in [0.1, 0.15) is 42.0 Å². The molecule has 2 heteroatoms. The summed E-state index contributed by atoms with van der Waals surface area (Å²) >= 11 is 0. The van der Waals surface area contributed by atoms with E-state index in [9.17, 15) is 4.79 Å². The van der Waals surface area contributed by atoms with E-state index in [1.165, 1.54) is 22.4 Å². The number of fused-ring (bicyclic) bond motifs is 1. The van der Waals surface area contributed by atoms with Gasteiger partial charge in [-0.05, 0) is 48.1 Å². The van der Waals surface area contributed by atoms with E-state index in [0.717, 1.165) is 25.8 Å². The van der Waals surface area contributed by atoms with Gasteiger partial charge in [-0.15, -0.1) is 0 Å². The quantitative estimate of drug-likeness (QED) is 0.527.